The summed E-state index contributed by atoms with van der Waals surface area (Å²) < 4.78 is 13.6. The fraction of sp³-hybridized carbons (Fsp3) is 0.214. The van der Waals surface area contributed by atoms with Gasteiger partial charge in [0.1, 0.15) is 11.6 Å². The third-order valence-electron chi connectivity index (χ3n) is 2.98. The van der Waals surface area contributed by atoms with Gasteiger partial charge in [0.15, 0.2) is 0 Å². The highest BCUT2D eigenvalue weighted by Gasteiger charge is 2.12. The van der Waals surface area contributed by atoms with Crippen molar-refractivity contribution in [1.29, 1.82) is 0 Å². The average Bonchev–Trinajstić information content (AvgIpc) is 2.44. The van der Waals surface area contributed by atoms with Gasteiger partial charge in [-0.05, 0) is 25.1 Å². The van der Waals surface area contributed by atoms with Gasteiger partial charge in [-0.15, -0.1) is 0 Å². The van der Waals surface area contributed by atoms with Crippen molar-refractivity contribution < 1.29 is 14.6 Å². The maximum atomic E-state index is 13.6. The van der Waals surface area contributed by atoms with Gasteiger partial charge >= 0.3 is 0 Å². The van der Waals surface area contributed by atoms with E-state index in [-0.39, 0.29) is 24.6 Å². The number of nitrogens with zero attached hydrogens (tertiary/aromatic N) is 1. The van der Waals surface area contributed by atoms with Crippen LogP contribution in [0.5, 0.6) is 5.75 Å². The molecule has 2 rings (SSSR count). The van der Waals surface area contributed by atoms with Crippen LogP contribution in [0.15, 0.2) is 24.4 Å². The van der Waals surface area contributed by atoms with E-state index in [9.17, 15) is 14.6 Å². The Morgan fingerprint density at radius 2 is 2.15 bits per heavy atom. The van der Waals surface area contributed by atoms with E-state index >= 15 is 0 Å². The second-order valence-corrected chi connectivity index (χ2v) is 4.77. The van der Waals surface area contributed by atoms with Crippen molar-refractivity contribution in [3.05, 3.63) is 52.1 Å². The van der Waals surface area contributed by atoms with Crippen LogP contribution in [0.1, 0.15) is 16.8 Å². The molecule has 6 heteroatoms. The summed E-state index contributed by atoms with van der Waals surface area (Å²) in [4.78, 5) is 3.96. The van der Waals surface area contributed by atoms with Crippen LogP contribution < -0.4 is 5.32 Å². The molecule has 20 heavy (non-hydrogen) atoms. The summed E-state index contributed by atoms with van der Waals surface area (Å²) >= 11 is 5.81. The number of aryl methyl sites for hydroxylation is 1. The van der Waals surface area contributed by atoms with Gasteiger partial charge in [-0.3, -0.25) is 4.98 Å². The van der Waals surface area contributed by atoms with Crippen molar-refractivity contribution in [3.8, 4) is 5.75 Å². The molecular formula is C14H14ClFN2O2. The Hall–Kier alpha value is -1.85. The van der Waals surface area contributed by atoms with Gasteiger partial charge in [-0.25, -0.2) is 4.39 Å². The number of anilines is 1. The molecule has 0 radical (unpaired) electrons. The summed E-state index contributed by atoms with van der Waals surface area (Å²) in [5.74, 6) is -0.447. The van der Waals surface area contributed by atoms with Crippen LogP contribution in [0, 0.1) is 12.7 Å². The largest absolute Gasteiger partial charge is 0.506 e. The van der Waals surface area contributed by atoms with E-state index in [4.69, 9.17) is 11.6 Å². The van der Waals surface area contributed by atoms with E-state index < -0.39 is 5.82 Å². The molecule has 0 bridgehead atoms. The first kappa shape index (κ1) is 14.6. The number of halogens is 2. The third kappa shape index (κ3) is 3.00. The molecule has 0 saturated carbocycles. The van der Waals surface area contributed by atoms with Crippen molar-refractivity contribution in [2.45, 2.75) is 20.1 Å². The number of pyridine rings is 1. The van der Waals surface area contributed by atoms with Gasteiger partial charge in [0.05, 0.1) is 18.0 Å². The summed E-state index contributed by atoms with van der Waals surface area (Å²) in [6, 6.07) is 4.17. The monoisotopic (exact) mass is 296 g/mol. The van der Waals surface area contributed by atoms with Crippen LogP contribution in [-0.2, 0) is 13.2 Å². The number of aliphatic hydroxyl groups is 1. The van der Waals surface area contributed by atoms with E-state index in [1.807, 2.05) is 0 Å². The molecule has 0 spiro atoms. The first-order valence-corrected chi connectivity index (χ1v) is 6.36. The molecule has 0 aliphatic carbocycles. The topological polar surface area (TPSA) is 65.4 Å². The lowest BCUT2D eigenvalue weighted by Gasteiger charge is -2.13. The molecule has 0 saturated heterocycles. The Kier molecular flexibility index (Phi) is 4.42. The number of benzene rings is 1. The quantitative estimate of drug-likeness (QED) is 0.811. The Morgan fingerprint density at radius 1 is 1.40 bits per heavy atom. The van der Waals surface area contributed by atoms with Crippen LogP contribution in [-0.4, -0.2) is 15.2 Å². The molecule has 0 atom stereocenters. The molecule has 2 aromatic rings. The molecule has 1 aromatic heterocycles. The minimum atomic E-state index is -0.440. The van der Waals surface area contributed by atoms with Gasteiger partial charge in [0, 0.05) is 28.9 Å². The summed E-state index contributed by atoms with van der Waals surface area (Å²) in [5, 5.41) is 22.5. The van der Waals surface area contributed by atoms with Crippen molar-refractivity contribution in [2.75, 3.05) is 5.32 Å². The second-order valence-electron chi connectivity index (χ2n) is 4.33. The second kappa shape index (κ2) is 6.07. The van der Waals surface area contributed by atoms with Crippen molar-refractivity contribution in [1.82, 2.24) is 4.98 Å². The fourth-order valence-electron chi connectivity index (χ4n) is 1.83. The zero-order valence-corrected chi connectivity index (χ0v) is 11.6. The van der Waals surface area contributed by atoms with E-state index in [2.05, 4.69) is 10.3 Å². The molecule has 4 nitrogen and oxygen atoms in total. The van der Waals surface area contributed by atoms with Gasteiger partial charge < -0.3 is 15.5 Å². The van der Waals surface area contributed by atoms with Gasteiger partial charge in [-0.1, -0.05) is 11.6 Å². The van der Waals surface area contributed by atoms with Crippen LogP contribution >= 0.6 is 11.6 Å². The molecular weight excluding hydrogens is 283 g/mol. The number of rotatable bonds is 4. The van der Waals surface area contributed by atoms with Crippen LogP contribution in [0.3, 0.4) is 0 Å². The zero-order chi connectivity index (χ0) is 14.7. The fourth-order valence-corrected chi connectivity index (χ4v) is 2.01. The molecule has 0 aliphatic rings. The summed E-state index contributed by atoms with van der Waals surface area (Å²) in [6.07, 6.45) is 1.49. The maximum Gasteiger partial charge on any atom is 0.146 e. The maximum absolute atomic E-state index is 13.6. The lowest BCUT2D eigenvalue weighted by atomic mass is 10.1. The van der Waals surface area contributed by atoms with E-state index in [1.165, 1.54) is 24.4 Å². The number of hydrogen-bond acceptors (Lipinski definition) is 4. The number of aromatic nitrogens is 1. The summed E-state index contributed by atoms with van der Waals surface area (Å²) in [7, 11) is 0. The van der Waals surface area contributed by atoms with Crippen molar-refractivity contribution in [3.63, 3.8) is 0 Å². The van der Waals surface area contributed by atoms with Crippen molar-refractivity contribution >= 4 is 17.3 Å². The Bertz CT molecular complexity index is 635. The molecule has 0 fully saturated rings. The third-order valence-corrected chi connectivity index (χ3v) is 3.22. The predicted octanol–water partition coefficient (Wildman–Crippen LogP) is 2.99. The average molecular weight is 297 g/mol. The highest BCUT2D eigenvalue weighted by Crippen LogP contribution is 2.26. The molecule has 0 amide bonds. The summed E-state index contributed by atoms with van der Waals surface area (Å²) in [6.45, 7) is 1.55. The molecule has 3 N–H and O–H groups in total. The van der Waals surface area contributed by atoms with Crippen LogP contribution in [0.4, 0.5) is 10.1 Å². The number of hydrogen-bond donors (Lipinski definition) is 3. The Balaban J connectivity index is 2.27. The highest BCUT2D eigenvalue weighted by molar-refractivity contribution is 6.30. The predicted molar refractivity (Wildman–Crippen MR) is 75.3 cm³/mol. The molecule has 1 aromatic carbocycles. The standard InChI is InChI=1S/C14H14ClFN2O2/c1-8-14(20)11(9(7-19)5-17-8)6-18-13-4-10(15)2-3-12(13)16/h2-5,18-20H,6-7H2,1H3. The van der Waals surface area contributed by atoms with Gasteiger partial charge in [0.25, 0.3) is 0 Å². The van der Waals surface area contributed by atoms with E-state index in [1.54, 1.807) is 6.92 Å². The minimum Gasteiger partial charge on any atom is -0.506 e. The van der Waals surface area contributed by atoms with Crippen LogP contribution in [0.25, 0.3) is 0 Å². The number of aliphatic hydroxyl groups excluding tert-OH is 1. The molecule has 0 aliphatic heterocycles. The lowest BCUT2D eigenvalue weighted by molar-refractivity contribution is 0.279. The highest BCUT2D eigenvalue weighted by atomic mass is 35.5. The minimum absolute atomic E-state index is 0.00788. The van der Waals surface area contributed by atoms with Crippen LogP contribution in [0.2, 0.25) is 5.02 Å². The normalized spacial score (nSPS) is 10.6. The summed E-state index contributed by atoms with van der Waals surface area (Å²) in [5.41, 5.74) is 1.66. The van der Waals surface area contributed by atoms with Crippen molar-refractivity contribution in [2.24, 2.45) is 0 Å². The first-order chi connectivity index (χ1) is 9.52. The smallest absolute Gasteiger partial charge is 0.146 e. The first-order valence-electron chi connectivity index (χ1n) is 5.99. The van der Waals surface area contributed by atoms with E-state index in [0.29, 0.717) is 21.8 Å². The lowest BCUT2D eigenvalue weighted by Crippen LogP contribution is -2.06. The van der Waals surface area contributed by atoms with E-state index in [0.717, 1.165) is 0 Å². The molecule has 106 valence electrons. The molecule has 0 unspecified atom stereocenters. The number of aromatic hydroxyl groups is 1. The van der Waals surface area contributed by atoms with Gasteiger partial charge in [-0.2, -0.15) is 0 Å². The number of nitrogens with one attached hydrogen (secondary N) is 1. The zero-order valence-electron chi connectivity index (χ0n) is 10.8. The molecule has 1 heterocycles. The Labute approximate surface area is 120 Å². The Morgan fingerprint density at radius 3 is 2.85 bits per heavy atom. The SMILES string of the molecule is Cc1ncc(CO)c(CNc2cc(Cl)ccc2F)c1O. The van der Waals surface area contributed by atoms with Gasteiger partial charge in [0.2, 0.25) is 0 Å².